The molecule has 25 heavy (non-hydrogen) atoms. The van der Waals surface area contributed by atoms with Crippen LogP contribution in [0.5, 0.6) is 0 Å². The largest absolute Gasteiger partial charge is 0.342 e. The molecule has 128 valence electrons. The fourth-order valence-electron chi connectivity index (χ4n) is 3.41. The average molecular weight is 335 g/mol. The molecular weight excluding hydrogens is 314 g/mol. The van der Waals surface area contributed by atoms with Crippen molar-refractivity contribution < 1.29 is 4.79 Å². The highest BCUT2D eigenvalue weighted by atomic mass is 16.2. The van der Waals surface area contributed by atoms with E-state index >= 15 is 0 Å². The lowest BCUT2D eigenvalue weighted by atomic mass is 9.96. The highest BCUT2D eigenvalue weighted by Gasteiger charge is 2.27. The number of carbonyl (C=O) groups excluding carboxylic acids is 1. The van der Waals surface area contributed by atoms with Gasteiger partial charge in [0.2, 0.25) is 0 Å². The van der Waals surface area contributed by atoms with Crippen molar-refractivity contribution in [3.05, 3.63) is 53.4 Å². The molecule has 6 heteroatoms. The third kappa shape index (κ3) is 2.99. The Hall–Kier alpha value is -2.76. The van der Waals surface area contributed by atoms with Crippen LogP contribution in [0.15, 0.2) is 30.6 Å². The van der Waals surface area contributed by atoms with E-state index in [0.29, 0.717) is 11.6 Å². The van der Waals surface area contributed by atoms with E-state index in [1.807, 2.05) is 17.9 Å². The van der Waals surface area contributed by atoms with Crippen molar-refractivity contribution in [3.63, 3.8) is 0 Å². The molecule has 1 fully saturated rings. The first-order valence-electron chi connectivity index (χ1n) is 8.65. The van der Waals surface area contributed by atoms with Gasteiger partial charge in [-0.25, -0.2) is 9.97 Å². The van der Waals surface area contributed by atoms with Crippen molar-refractivity contribution in [2.45, 2.75) is 32.6 Å². The van der Waals surface area contributed by atoms with E-state index in [1.165, 1.54) is 5.56 Å². The first-order valence-corrected chi connectivity index (χ1v) is 8.65. The summed E-state index contributed by atoms with van der Waals surface area (Å²) in [4.78, 5) is 31.0. The van der Waals surface area contributed by atoms with Gasteiger partial charge in [0.1, 0.15) is 11.5 Å². The molecule has 4 rings (SSSR count). The molecule has 0 unspecified atom stereocenters. The monoisotopic (exact) mass is 335 g/mol. The Morgan fingerprint density at radius 2 is 1.96 bits per heavy atom. The van der Waals surface area contributed by atoms with Crippen LogP contribution >= 0.6 is 0 Å². The maximum Gasteiger partial charge on any atom is 0.274 e. The molecule has 1 aliphatic rings. The minimum Gasteiger partial charge on any atom is -0.342 e. The van der Waals surface area contributed by atoms with Crippen molar-refractivity contribution in [2.24, 2.45) is 0 Å². The summed E-state index contributed by atoms with van der Waals surface area (Å²) >= 11 is 0. The van der Waals surface area contributed by atoms with Crippen LogP contribution in [0, 0.1) is 13.8 Å². The molecule has 1 amide bonds. The molecule has 1 saturated heterocycles. The van der Waals surface area contributed by atoms with Crippen LogP contribution in [-0.2, 0) is 0 Å². The number of hydrogen-bond donors (Lipinski definition) is 1. The predicted molar refractivity (Wildman–Crippen MR) is 95.5 cm³/mol. The third-order valence-electron chi connectivity index (χ3n) is 4.90. The van der Waals surface area contributed by atoms with Gasteiger partial charge in [0.05, 0.1) is 22.9 Å². The van der Waals surface area contributed by atoms with Crippen molar-refractivity contribution in [1.82, 2.24) is 24.8 Å². The van der Waals surface area contributed by atoms with Gasteiger partial charge in [0.25, 0.3) is 5.91 Å². The SMILES string of the molecule is Cc1cnc(C(=O)N2CCC(c3nc4c(C)cccc4[nH]3)CC2)cn1. The first-order chi connectivity index (χ1) is 12.1. The minimum atomic E-state index is -0.0357. The number of amides is 1. The molecule has 2 aromatic heterocycles. The van der Waals surface area contributed by atoms with E-state index in [9.17, 15) is 4.79 Å². The number of benzene rings is 1. The molecular formula is C19H21N5O. The van der Waals surface area contributed by atoms with Crippen LogP contribution in [0.2, 0.25) is 0 Å². The number of para-hydroxylation sites is 1. The Morgan fingerprint density at radius 1 is 1.16 bits per heavy atom. The number of aromatic nitrogens is 4. The second-order valence-electron chi connectivity index (χ2n) is 6.70. The normalized spacial score (nSPS) is 15.7. The van der Waals surface area contributed by atoms with Crippen molar-refractivity contribution in [1.29, 1.82) is 0 Å². The number of fused-ring (bicyclic) bond motifs is 1. The molecule has 1 aliphatic heterocycles. The number of H-pyrrole nitrogens is 1. The zero-order valence-electron chi connectivity index (χ0n) is 14.5. The predicted octanol–water partition coefficient (Wildman–Crippen LogP) is 2.99. The fourth-order valence-corrected chi connectivity index (χ4v) is 3.41. The smallest absolute Gasteiger partial charge is 0.274 e. The molecule has 0 radical (unpaired) electrons. The lowest BCUT2D eigenvalue weighted by molar-refractivity contribution is 0.0705. The van der Waals surface area contributed by atoms with E-state index < -0.39 is 0 Å². The maximum absolute atomic E-state index is 12.5. The number of carbonyl (C=O) groups is 1. The van der Waals surface area contributed by atoms with Crippen molar-refractivity contribution in [2.75, 3.05) is 13.1 Å². The van der Waals surface area contributed by atoms with Crippen molar-refractivity contribution in [3.8, 4) is 0 Å². The Morgan fingerprint density at radius 3 is 2.64 bits per heavy atom. The molecule has 1 aromatic carbocycles. The van der Waals surface area contributed by atoms with Gasteiger partial charge in [0, 0.05) is 25.2 Å². The van der Waals surface area contributed by atoms with Gasteiger partial charge >= 0.3 is 0 Å². The highest BCUT2D eigenvalue weighted by molar-refractivity contribution is 5.92. The van der Waals surface area contributed by atoms with E-state index in [-0.39, 0.29) is 5.91 Å². The number of piperidine rings is 1. The van der Waals surface area contributed by atoms with Crippen LogP contribution in [0.1, 0.15) is 46.3 Å². The number of aromatic amines is 1. The van der Waals surface area contributed by atoms with Gasteiger partial charge in [-0.05, 0) is 38.3 Å². The summed E-state index contributed by atoms with van der Waals surface area (Å²) in [6, 6.07) is 6.19. The first kappa shape index (κ1) is 15.7. The van der Waals surface area contributed by atoms with Crippen molar-refractivity contribution >= 4 is 16.9 Å². The number of nitrogens with zero attached hydrogens (tertiary/aromatic N) is 4. The maximum atomic E-state index is 12.5. The van der Waals surface area contributed by atoms with Gasteiger partial charge in [-0.3, -0.25) is 9.78 Å². The van der Waals surface area contributed by atoms with Gasteiger partial charge in [-0.1, -0.05) is 12.1 Å². The number of imidazole rings is 1. The summed E-state index contributed by atoms with van der Waals surface area (Å²) in [5.74, 6) is 1.36. The van der Waals surface area contributed by atoms with Gasteiger partial charge < -0.3 is 9.88 Å². The average Bonchev–Trinajstić information content (AvgIpc) is 3.08. The molecule has 0 atom stereocenters. The second kappa shape index (κ2) is 6.27. The van der Waals surface area contributed by atoms with Gasteiger partial charge in [-0.15, -0.1) is 0 Å². The van der Waals surface area contributed by atoms with Crippen LogP contribution in [0.25, 0.3) is 11.0 Å². The lowest BCUT2D eigenvalue weighted by Crippen LogP contribution is -2.38. The number of nitrogens with one attached hydrogen (secondary N) is 1. The molecule has 3 heterocycles. The number of hydrogen-bond acceptors (Lipinski definition) is 4. The molecule has 0 saturated carbocycles. The lowest BCUT2D eigenvalue weighted by Gasteiger charge is -2.30. The Bertz CT molecular complexity index is 907. The summed E-state index contributed by atoms with van der Waals surface area (Å²) in [6.45, 7) is 5.38. The van der Waals surface area contributed by atoms with E-state index in [1.54, 1.807) is 12.4 Å². The zero-order valence-corrected chi connectivity index (χ0v) is 14.5. The summed E-state index contributed by atoms with van der Waals surface area (Å²) in [7, 11) is 0. The fraction of sp³-hybridized carbons (Fsp3) is 0.368. The Balaban J connectivity index is 1.46. The molecule has 6 nitrogen and oxygen atoms in total. The van der Waals surface area contributed by atoms with E-state index in [4.69, 9.17) is 4.98 Å². The van der Waals surface area contributed by atoms with Crippen LogP contribution < -0.4 is 0 Å². The zero-order chi connectivity index (χ0) is 17.4. The summed E-state index contributed by atoms with van der Waals surface area (Å²) in [5, 5.41) is 0. The summed E-state index contributed by atoms with van der Waals surface area (Å²) < 4.78 is 0. The third-order valence-corrected chi connectivity index (χ3v) is 4.90. The molecule has 3 aromatic rings. The van der Waals surface area contributed by atoms with Crippen LogP contribution in [0.3, 0.4) is 0 Å². The quantitative estimate of drug-likeness (QED) is 0.781. The summed E-state index contributed by atoms with van der Waals surface area (Å²) in [5.41, 5.74) is 4.55. The highest BCUT2D eigenvalue weighted by Crippen LogP contribution is 2.29. The number of aryl methyl sites for hydroxylation is 2. The molecule has 0 aliphatic carbocycles. The van der Waals surface area contributed by atoms with Gasteiger partial charge in [0.15, 0.2) is 0 Å². The Labute approximate surface area is 146 Å². The van der Waals surface area contributed by atoms with Gasteiger partial charge in [-0.2, -0.15) is 0 Å². The Kier molecular flexibility index (Phi) is 3.95. The number of likely N-dealkylation sites (tertiary alicyclic amines) is 1. The molecule has 0 bridgehead atoms. The summed E-state index contributed by atoms with van der Waals surface area (Å²) in [6.07, 6.45) is 5.01. The van der Waals surface area contributed by atoms with Crippen LogP contribution in [0.4, 0.5) is 0 Å². The number of rotatable bonds is 2. The standard InChI is InChI=1S/C19H21N5O/c1-12-4-3-5-15-17(12)23-18(22-15)14-6-8-24(9-7-14)19(25)16-11-20-13(2)10-21-16/h3-5,10-11,14H,6-9H2,1-2H3,(H,22,23). The van der Waals surface area contributed by atoms with E-state index in [0.717, 1.165) is 48.5 Å². The van der Waals surface area contributed by atoms with Crippen LogP contribution in [-0.4, -0.2) is 43.8 Å². The minimum absolute atomic E-state index is 0.0357. The second-order valence-corrected chi connectivity index (χ2v) is 6.70. The molecule has 0 spiro atoms. The topological polar surface area (TPSA) is 74.8 Å². The molecule has 1 N–H and O–H groups in total. The van der Waals surface area contributed by atoms with E-state index in [2.05, 4.69) is 34.0 Å².